The van der Waals surface area contributed by atoms with Crippen molar-refractivity contribution in [1.82, 2.24) is 19.4 Å². The first-order valence-electron chi connectivity index (χ1n) is 7.76. The van der Waals surface area contributed by atoms with Crippen LogP contribution in [0.2, 0.25) is 0 Å². The number of imidazole rings is 1. The number of pyridine rings is 1. The summed E-state index contributed by atoms with van der Waals surface area (Å²) >= 11 is 0. The van der Waals surface area contributed by atoms with Crippen LogP contribution in [-0.4, -0.2) is 38.4 Å². The molecular formula is C16H16F4N4O. The fourth-order valence-corrected chi connectivity index (χ4v) is 3.08. The van der Waals surface area contributed by atoms with Crippen LogP contribution in [-0.2, 0) is 13.2 Å². The van der Waals surface area contributed by atoms with E-state index in [-0.39, 0.29) is 23.9 Å². The first kappa shape index (κ1) is 17.4. The van der Waals surface area contributed by atoms with E-state index in [4.69, 9.17) is 0 Å². The lowest BCUT2D eigenvalue weighted by Gasteiger charge is -2.32. The monoisotopic (exact) mass is 356 g/mol. The van der Waals surface area contributed by atoms with Gasteiger partial charge in [0.05, 0.1) is 11.8 Å². The third-order valence-corrected chi connectivity index (χ3v) is 4.23. The van der Waals surface area contributed by atoms with Crippen LogP contribution in [0.1, 0.15) is 40.6 Å². The molecular weight excluding hydrogens is 340 g/mol. The number of carbonyl (C=O) groups is 1. The van der Waals surface area contributed by atoms with Gasteiger partial charge in [0.1, 0.15) is 11.6 Å². The minimum atomic E-state index is -4.51. The van der Waals surface area contributed by atoms with Gasteiger partial charge < -0.3 is 9.47 Å². The summed E-state index contributed by atoms with van der Waals surface area (Å²) in [5, 5.41) is 0. The topological polar surface area (TPSA) is 51.0 Å². The zero-order chi connectivity index (χ0) is 18.2. The molecule has 1 amide bonds. The molecule has 0 saturated carbocycles. The standard InChI is InChI=1S/C16H16F4N4O/c1-23-9-13(16(18,19)20)22-14(23)10-3-2-4-24(8-10)15(25)11-5-12(17)7-21-6-11/h5-7,9-10H,2-4,8H2,1H3/t10-/m1/s1. The first-order chi connectivity index (χ1) is 11.8. The number of halogens is 4. The van der Waals surface area contributed by atoms with Gasteiger partial charge in [-0.05, 0) is 18.9 Å². The second kappa shape index (κ2) is 6.45. The third-order valence-electron chi connectivity index (χ3n) is 4.23. The number of aromatic nitrogens is 3. The minimum Gasteiger partial charge on any atom is -0.338 e. The van der Waals surface area contributed by atoms with Crippen molar-refractivity contribution in [3.8, 4) is 0 Å². The van der Waals surface area contributed by atoms with Gasteiger partial charge in [-0.15, -0.1) is 0 Å². The van der Waals surface area contributed by atoms with E-state index in [1.807, 2.05) is 0 Å². The van der Waals surface area contributed by atoms with Crippen molar-refractivity contribution in [2.24, 2.45) is 7.05 Å². The Labute approximate surface area is 141 Å². The van der Waals surface area contributed by atoms with E-state index in [0.717, 1.165) is 18.5 Å². The Balaban J connectivity index is 1.80. The summed E-state index contributed by atoms with van der Waals surface area (Å²) in [4.78, 5) is 21.4. The van der Waals surface area contributed by atoms with E-state index in [9.17, 15) is 22.4 Å². The molecule has 3 heterocycles. The molecule has 1 fully saturated rings. The van der Waals surface area contributed by atoms with Crippen LogP contribution < -0.4 is 0 Å². The first-order valence-corrected chi connectivity index (χ1v) is 7.76. The van der Waals surface area contributed by atoms with Crippen molar-refractivity contribution >= 4 is 5.91 Å². The predicted octanol–water partition coefficient (Wildman–Crippen LogP) is 2.99. The van der Waals surface area contributed by atoms with Crippen molar-refractivity contribution in [3.63, 3.8) is 0 Å². The molecule has 0 bridgehead atoms. The number of aryl methyl sites for hydroxylation is 1. The van der Waals surface area contributed by atoms with E-state index in [0.29, 0.717) is 25.2 Å². The molecule has 1 aliphatic heterocycles. The summed E-state index contributed by atoms with van der Waals surface area (Å²) in [7, 11) is 1.51. The maximum atomic E-state index is 13.3. The number of hydrogen-bond acceptors (Lipinski definition) is 3. The van der Waals surface area contributed by atoms with E-state index in [1.165, 1.54) is 22.7 Å². The molecule has 0 spiro atoms. The summed E-state index contributed by atoms with van der Waals surface area (Å²) < 4.78 is 53.1. The van der Waals surface area contributed by atoms with Gasteiger partial charge in [-0.2, -0.15) is 13.2 Å². The fraction of sp³-hybridized carbons (Fsp3) is 0.438. The van der Waals surface area contributed by atoms with Crippen LogP contribution in [0.25, 0.3) is 0 Å². The number of nitrogens with zero attached hydrogens (tertiary/aromatic N) is 4. The lowest BCUT2D eigenvalue weighted by molar-refractivity contribution is -0.141. The van der Waals surface area contributed by atoms with Crippen LogP contribution in [0.4, 0.5) is 17.6 Å². The van der Waals surface area contributed by atoms with Crippen molar-refractivity contribution < 1.29 is 22.4 Å². The average molecular weight is 356 g/mol. The number of carbonyl (C=O) groups excluding carboxylic acids is 1. The third kappa shape index (κ3) is 3.64. The van der Waals surface area contributed by atoms with Crippen molar-refractivity contribution in [1.29, 1.82) is 0 Å². The van der Waals surface area contributed by atoms with Gasteiger partial charge in [0.15, 0.2) is 5.69 Å². The lowest BCUT2D eigenvalue weighted by Crippen LogP contribution is -2.39. The van der Waals surface area contributed by atoms with Gasteiger partial charge in [-0.1, -0.05) is 0 Å². The summed E-state index contributed by atoms with van der Waals surface area (Å²) in [6.45, 7) is 0.694. The number of alkyl halides is 3. The second-order valence-electron chi connectivity index (χ2n) is 6.08. The van der Waals surface area contributed by atoms with Gasteiger partial charge in [0.25, 0.3) is 5.91 Å². The number of hydrogen-bond donors (Lipinski definition) is 0. The molecule has 3 rings (SSSR count). The van der Waals surface area contributed by atoms with E-state index in [1.54, 1.807) is 0 Å². The van der Waals surface area contributed by atoms with E-state index < -0.39 is 17.7 Å². The van der Waals surface area contributed by atoms with Gasteiger partial charge in [0.2, 0.25) is 0 Å². The summed E-state index contributed by atoms with van der Waals surface area (Å²) in [5.41, 5.74) is -0.820. The lowest BCUT2D eigenvalue weighted by atomic mass is 9.96. The zero-order valence-corrected chi connectivity index (χ0v) is 13.4. The Morgan fingerprint density at radius 2 is 2.08 bits per heavy atom. The predicted molar refractivity (Wildman–Crippen MR) is 80.3 cm³/mol. The number of piperidine rings is 1. The molecule has 5 nitrogen and oxygen atoms in total. The van der Waals surface area contributed by atoms with Crippen LogP contribution in [0.5, 0.6) is 0 Å². The SMILES string of the molecule is Cn1cc(C(F)(F)F)nc1[C@@H]1CCCN(C(=O)c2cncc(F)c2)C1. The molecule has 0 radical (unpaired) electrons. The summed E-state index contributed by atoms with van der Waals surface area (Å²) in [6, 6.07) is 1.10. The summed E-state index contributed by atoms with van der Waals surface area (Å²) in [6.07, 6.45) is -0.0133. The smallest absolute Gasteiger partial charge is 0.338 e. The van der Waals surface area contributed by atoms with Gasteiger partial charge in [0, 0.05) is 38.4 Å². The molecule has 1 saturated heterocycles. The highest BCUT2D eigenvalue weighted by Gasteiger charge is 2.36. The molecule has 9 heteroatoms. The molecule has 2 aromatic rings. The van der Waals surface area contributed by atoms with Crippen LogP contribution in [0, 0.1) is 5.82 Å². The number of rotatable bonds is 2. The minimum absolute atomic E-state index is 0.122. The van der Waals surface area contributed by atoms with Crippen LogP contribution in [0.3, 0.4) is 0 Å². The zero-order valence-electron chi connectivity index (χ0n) is 13.4. The Morgan fingerprint density at radius 1 is 1.32 bits per heavy atom. The van der Waals surface area contributed by atoms with Gasteiger partial charge in [-0.25, -0.2) is 9.37 Å². The molecule has 0 aromatic carbocycles. The Bertz CT molecular complexity index is 787. The van der Waals surface area contributed by atoms with E-state index >= 15 is 0 Å². The molecule has 2 aromatic heterocycles. The maximum absolute atomic E-state index is 13.3. The van der Waals surface area contributed by atoms with Crippen LogP contribution >= 0.6 is 0 Å². The molecule has 0 unspecified atom stereocenters. The molecule has 1 aliphatic rings. The highest BCUT2D eigenvalue weighted by molar-refractivity contribution is 5.94. The molecule has 0 N–H and O–H groups in total. The van der Waals surface area contributed by atoms with E-state index in [2.05, 4.69) is 9.97 Å². The van der Waals surface area contributed by atoms with Gasteiger partial charge >= 0.3 is 6.18 Å². The highest BCUT2D eigenvalue weighted by atomic mass is 19.4. The Morgan fingerprint density at radius 3 is 2.72 bits per heavy atom. The Hall–Kier alpha value is -2.45. The van der Waals surface area contributed by atoms with Crippen molar-refractivity contribution in [3.05, 3.63) is 47.6 Å². The second-order valence-corrected chi connectivity index (χ2v) is 6.08. The Kier molecular flexibility index (Phi) is 4.49. The molecule has 134 valence electrons. The van der Waals surface area contributed by atoms with Crippen LogP contribution in [0.15, 0.2) is 24.7 Å². The highest BCUT2D eigenvalue weighted by Crippen LogP contribution is 2.32. The molecule has 25 heavy (non-hydrogen) atoms. The maximum Gasteiger partial charge on any atom is 0.434 e. The summed E-state index contributed by atoms with van der Waals surface area (Å²) in [5.74, 6) is -1.01. The fourth-order valence-electron chi connectivity index (χ4n) is 3.08. The van der Waals surface area contributed by atoms with Crippen molar-refractivity contribution in [2.75, 3.05) is 13.1 Å². The average Bonchev–Trinajstić information content (AvgIpc) is 2.96. The quantitative estimate of drug-likeness (QED) is 0.778. The van der Waals surface area contributed by atoms with Crippen molar-refractivity contribution in [2.45, 2.75) is 24.9 Å². The molecule has 1 atom stereocenters. The number of likely N-dealkylation sites (tertiary alicyclic amines) is 1. The largest absolute Gasteiger partial charge is 0.434 e. The molecule has 0 aliphatic carbocycles. The van der Waals surface area contributed by atoms with Gasteiger partial charge in [-0.3, -0.25) is 9.78 Å². The normalized spacial score (nSPS) is 18.4. The number of amides is 1.